The Hall–Kier alpha value is -0.870. The second kappa shape index (κ2) is 7.23. The van der Waals surface area contributed by atoms with Gasteiger partial charge in [-0.05, 0) is 43.0 Å². The van der Waals surface area contributed by atoms with E-state index in [1.807, 2.05) is 0 Å². The van der Waals surface area contributed by atoms with Gasteiger partial charge in [-0.15, -0.1) is 11.3 Å². The second-order valence-corrected chi connectivity index (χ2v) is 7.02. The van der Waals surface area contributed by atoms with Gasteiger partial charge in [0.15, 0.2) is 0 Å². The smallest absolute Gasteiger partial charge is 0.220 e. The van der Waals surface area contributed by atoms with Gasteiger partial charge in [-0.3, -0.25) is 4.79 Å². The summed E-state index contributed by atoms with van der Waals surface area (Å²) in [6.45, 7) is 2.78. The molecule has 1 aliphatic carbocycles. The predicted molar refractivity (Wildman–Crippen MR) is 84.8 cm³/mol. The van der Waals surface area contributed by atoms with Gasteiger partial charge in [0.25, 0.3) is 0 Å². The molecule has 1 heterocycles. The lowest BCUT2D eigenvalue weighted by Gasteiger charge is -2.42. The number of thiophene rings is 1. The molecule has 3 nitrogen and oxygen atoms in total. The van der Waals surface area contributed by atoms with Crippen LogP contribution in [0.3, 0.4) is 0 Å². The number of aryl methyl sites for hydroxylation is 1. The molecule has 1 fully saturated rings. The van der Waals surface area contributed by atoms with Crippen molar-refractivity contribution in [2.45, 2.75) is 57.4 Å². The zero-order chi connectivity index (χ0) is 14.4. The van der Waals surface area contributed by atoms with Gasteiger partial charge < -0.3 is 11.1 Å². The minimum Gasteiger partial charge on any atom is -0.349 e. The van der Waals surface area contributed by atoms with Crippen molar-refractivity contribution in [2.24, 2.45) is 11.7 Å². The first-order valence-corrected chi connectivity index (χ1v) is 8.58. The molecule has 4 heteroatoms. The summed E-state index contributed by atoms with van der Waals surface area (Å²) < 4.78 is 0. The summed E-state index contributed by atoms with van der Waals surface area (Å²) in [6, 6.07) is 4.19. The van der Waals surface area contributed by atoms with E-state index in [1.54, 1.807) is 11.3 Å². The van der Waals surface area contributed by atoms with Crippen molar-refractivity contribution < 1.29 is 4.79 Å². The Morgan fingerprint density at radius 3 is 3.05 bits per heavy atom. The number of nitrogens with two attached hydrogens (primary N) is 1. The fourth-order valence-electron chi connectivity index (χ4n) is 3.17. The van der Waals surface area contributed by atoms with E-state index in [-0.39, 0.29) is 11.4 Å². The number of nitrogens with one attached hydrogen (secondary N) is 1. The van der Waals surface area contributed by atoms with Gasteiger partial charge in [-0.2, -0.15) is 0 Å². The van der Waals surface area contributed by atoms with E-state index in [4.69, 9.17) is 5.73 Å². The van der Waals surface area contributed by atoms with Crippen molar-refractivity contribution in [3.8, 4) is 0 Å². The van der Waals surface area contributed by atoms with Crippen LogP contribution in [0, 0.1) is 5.92 Å². The van der Waals surface area contributed by atoms with Crippen molar-refractivity contribution in [1.29, 1.82) is 0 Å². The molecule has 0 saturated heterocycles. The van der Waals surface area contributed by atoms with Crippen LogP contribution in [0.5, 0.6) is 0 Å². The first-order chi connectivity index (χ1) is 9.66. The van der Waals surface area contributed by atoms with E-state index in [0.717, 1.165) is 19.3 Å². The van der Waals surface area contributed by atoms with E-state index in [2.05, 4.69) is 29.8 Å². The molecule has 20 heavy (non-hydrogen) atoms. The SMILES string of the molecule is CC1CCCCC1(CN)NC(=O)CCCc1cccs1. The molecule has 0 spiro atoms. The van der Waals surface area contributed by atoms with Crippen LogP contribution in [0.25, 0.3) is 0 Å². The predicted octanol–water partition coefficient (Wildman–Crippen LogP) is 3.09. The van der Waals surface area contributed by atoms with Gasteiger partial charge in [0.1, 0.15) is 0 Å². The third-order valence-electron chi connectivity index (χ3n) is 4.61. The fraction of sp³-hybridized carbons (Fsp3) is 0.688. The van der Waals surface area contributed by atoms with Crippen LogP contribution in [0.1, 0.15) is 50.3 Å². The van der Waals surface area contributed by atoms with Crippen molar-refractivity contribution in [3.05, 3.63) is 22.4 Å². The number of amides is 1. The van der Waals surface area contributed by atoms with Gasteiger partial charge in [-0.25, -0.2) is 0 Å². The highest BCUT2D eigenvalue weighted by Gasteiger charge is 2.37. The first kappa shape index (κ1) is 15.5. The number of carbonyl (C=O) groups is 1. The normalized spacial score (nSPS) is 26.4. The summed E-state index contributed by atoms with van der Waals surface area (Å²) in [7, 11) is 0. The summed E-state index contributed by atoms with van der Waals surface area (Å²) in [5.41, 5.74) is 5.82. The zero-order valence-corrected chi connectivity index (χ0v) is 13.2. The Balaban J connectivity index is 1.80. The molecule has 1 saturated carbocycles. The Morgan fingerprint density at radius 1 is 1.55 bits per heavy atom. The Labute approximate surface area is 125 Å². The third kappa shape index (κ3) is 3.83. The second-order valence-electron chi connectivity index (χ2n) is 5.99. The highest BCUT2D eigenvalue weighted by Crippen LogP contribution is 2.33. The van der Waals surface area contributed by atoms with Crippen LogP contribution >= 0.6 is 11.3 Å². The minimum absolute atomic E-state index is 0.154. The van der Waals surface area contributed by atoms with E-state index >= 15 is 0 Å². The lowest BCUT2D eigenvalue weighted by molar-refractivity contribution is -0.124. The number of hydrogen-bond acceptors (Lipinski definition) is 3. The number of rotatable bonds is 6. The fourth-order valence-corrected chi connectivity index (χ4v) is 3.92. The molecule has 2 atom stereocenters. The maximum Gasteiger partial charge on any atom is 0.220 e. The van der Waals surface area contributed by atoms with Crippen LogP contribution in [0.4, 0.5) is 0 Å². The molecule has 3 N–H and O–H groups in total. The molecule has 0 bridgehead atoms. The molecule has 1 aliphatic rings. The Morgan fingerprint density at radius 2 is 2.40 bits per heavy atom. The van der Waals surface area contributed by atoms with Crippen LogP contribution in [-0.2, 0) is 11.2 Å². The van der Waals surface area contributed by atoms with Crippen molar-refractivity contribution in [3.63, 3.8) is 0 Å². The largest absolute Gasteiger partial charge is 0.349 e. The summed E-state index contributed by atoms with van der Waals surface area (Å²) in [5.74, 6) is 0.656. The van der Waals surface area contributed by atoms with Crippen LogP contribution in [0.2, 0.25) is 0 Å². The summed E-state index contributed by atoms with van der Waals surface area (Å²) >= 11 is 1.76. The maximum atomic E-state index is 12.2. The van der Waals surface area contributed by atoms with Gasteiger partial charge in [0, 0.05) is 17.8 Å². The quantitative estimate of drug-likeness (QED) is 0.847. The highest BCUT2D eigenvalue weighted by molar-refractivity contribution is 7.09. The van der Waals surface area contributed by atoms with Crippen molar-refractivity contribution in [2.75, 3.05) is 6.54 Å². The summed E-state index contributed by atoms with van der Waals surface area (Å²) in [5, 5.41) is 5.34. The van der Waals surface area contributed by atoms with E-state index < -0.39 is 0 Å². The first-order valence-electron chi connectivity index (χ1n) is 7.70. The van der Waals surface area contributed by atoms with Crippen LogP contribution in [0.15, 0.2) is 17.5 Å². The van der Waals surface area contributed by atoms with Gasteiger partial charge in [0.2, 0.25) is 5.91 Å². The van der Waals surface area contributed by atoms with E-state index in [0.29, 0.717) is 18.9 Å². The van der Waals surface area contributed by atoms with E-state index in [1.165, 1.54) is 24.1 Å². The molecule has 0 aromatic carbocycles. The molecule has 1 amide bonds. The van der Waals surface area contributed by atoms with Crippen molar-refractivity contribution in [1.82, 2.24) is 5.32 Å². The molecule has 0 aliphatic heterocycles. The lowest BCUT2D eigenvalue weighted by atomic mass is 9.73. The van der Waals surface area contributed by atoms with Gasteiger partial charge >= 0.3 is 0 Å². The molecule has 1 aromatic heterocycles. The van der Waals surface area contributed by atoms with E-state index in [9.17, 15) is 4.79 Å². The number of carbonyl (C=O) groups excluding carboxylic acids is 1. The molecular formula is C16H26N2OS. The van der Waals surface area contributed by atoms with Crippen molar-refractivity contribution >= 4 is 17.2 Å². The standard InChI is InChI=1S/C16H26N2OS/c1-13-6-2-3-10-16(13,12-17)18-15(19)9-4-7-14-8-5-11-20-14/h5,8,11,13H,2-4,6-7,9-10,12,17H2,1H3,(H,18,19). The topological polar surface area (TPSA) is 55.1 Å². The molecule has 2 rings (SSSR count). The Bertz CT molecular complexity index is 418. The van der Waals surface area contributed by atoms with Gasteiger partial charge in [0.05, 0.1) is 5.54 Å². The Kier molecular flexibility index (Phi) is 5.61. The molecule has 2 unspecified atom stereocenters. The third-order valence-corrected chi connectivity index (χ3v) is 5.55. The average molecular weight is 294 g/mol. The molecule has 0 radical (unpaired) electrons. The maximum absolute atomic E-state index is 12.2. The minimum atomic E-state index is -0.154. The number of hydrogen-bond donors (Lipinski definition) is 2. The molecule has 1 aromatic rings. The molecular weight excluding hydrogens is 268 g/mol. The van der Waals surface area contributed by atoms with Crippen LogP contribution < -0.4 is 11.1 Å². The van der Waals surface area contributed by atoms with Crippen LogP contribution in [-0.4, -0.2) is 18.0 Å². The highest BCUT2D eigenvalue weighted by atomic mass is 32.1. The summed E-state index contributed by atoms with van der Waals surface area (Å²) in [4.78, 5) is 13.5. The monoisotopic (exact) mass is 294 g/mol. The lowest BCUT2D eigenvalue weighted by Crippen LogP contribution is -2.59. The summed E-state index contributed by atoms with van der Waals surface area (Å²) in [6.07, 6.45) is 7.16. The van der Waals surface area contributed by atoms with Gasteiger partial charge in [-0.1, -0.05) is 25.8 Å². The average Bonchev–Trinajstić information content (AvgIpc) is 2.95. The zero-order valence-electron chi connectivity index (χ0n) is 12.4. The molecule has 112 valence electrons.